The molecular formula is C28H23N3O2. The molecule has 5 heteroatoms. The van der Waals surface area contributed by atoms with E-state index >= 15 is 0 Å². The van der Waals surface area contributed by atoms with Crippen molar-refractivity contribution in [2.24, 2.45) is 5.73 Å². The van der Waals surface area contributed by atoms with Crippen LogP contribution in [0.25, 0.3) is 11.1 Å². The van der Waals surface area contributed by atoms with Crippen molar-refractivity contribution >= 4 is 23.3 Å². The highest BCUT2D eigenvalue weighted by molar-refractivity contribution is 5.90. The molecule has 0 fully saturated rings. The maximum Gasteiger partial charge on any atom is 0.316 e. The van der Waals surface area contributed by atoms with E-state index in [1.807, 2.05) is 36.4 Å². The summed E-state index contributed by atoms with van der Waals surface area (Å²) < 4.78 is 0. The second-order valence-corrected chi connectivity index (χ2v) is 8.17. The van der Waals surface area contributed by atoms with Gasteiger partial charge in [0.25, 0.3) is 0 Å². The summed E-state index contributed by atoms with van der Waals surface area (Å²) in [6.07, 6.45) is 0. The van der Waals surface area contributed by atoms with Crippen LogP contribution in [0.15, 0.2) is 97.1 Å². The highest BCUT2D eigenvalue weighted by atomic mass is 16.2. The van der Waals surface area contributed by atoms with Gasteiger partial charge in [0.1, 0.15) is 0 Å². The molecule has 0 aromatic heterocycles. The number of hydrogen-bond acceptors (Lipinski definition) is 2. The first kappa shape index (κ1) is 20.5. The number of benzene rings is 4. The second-order valence-electron chi connectivity index (χ2n) is 8.17. The summed E-state index contributed by atoms with van der Waals surface area (Å²) in [6, 6.07) is 32.1. The van der Waals surface area contributed by atoms with Crippen molar-refractivity contribution in [1.82, 2.24) is 0 Å². The molecule has 3 amide bonds. The van der Waals surface area contributed by atoms with Gasteiger partial charge in [0.15, 0.2) is 0 Å². The highest BCUT2D eigenvalue weighted by Gasteiger charge is 2.45. The van der Waals surface area contributed by atoms with Crippen molar-refractivity contribution in [2.45, 2.75) is 12.3 Å². The molecule has 33 heavy (non-hydrogen) atoms. The lowest BCUT2D eigenvalue weighted by Gasteiger charge is -2.34. The summed E-state index contributed by atoms with van der Waals surface area (Å²) in [4.78, 5) is 22.8. The fraction of sp³-hybridized carbons (Fsp3) is 0.0714. The van der Waals surface area contributed by atoms with Gasteiger partial charge in [-0.25, -0.2) is 4.79 Å². The largest absolute Gasteiger partial charge is 0.351 e. The normalized spacial score (nSPS) is 13.0. The summed E-state index contributed by atoms with van der Waals surface area (Å²) in [5.41, 5.74) is 13.1. The molecule has 162 valence electrons. The topological polar surface area (TPSA) is 84.2 Å². The molecular weight excluding hydrogens is 410 g/mol. The molecule has 0 aliphatic heterocycles. The molecule has 4 N–H and O–H groups in total. The van der Waals surface area contributed by atoms with Crippen LogP contribution in [-0.4, -0.2) is 11.9 Å². The quantitative estimate of drug-likeness (QED) is 0.350. The number of anilines is 2. The second kappa shape index (κ2) is 7.95. The van der Waals surface area contributed by atoms with Gasteiger partial charge in [0.05, 0.1) is 5.41 Å². The van der Waals surface area contributed by atoms with Crippen molar-refractivity contribution in [3.05, 3.63) is 119 Å². The van der Waals surface area contributed by atoms with Crippen LogP contribution in [0.4, 0.5) is 16.2 Å². The van der Waals surface area contributed by atoms with Crippen LogP contribution >= 0.6 is 0 Å². The number of urea groups is 1. The summed E-state index contributed by atoms with van der Waals surface area (Å²) >= 11 is 0. The number of nitrogens with two attached hydrogens (primary N) is 1. The summed E-state index contributed by atoms with van der Waals surface area (Å²) in [7, 11) is 0. The average molecular weight is 434 g/mol. The van der Waals surface area contributed by atoms with E-state index in [4.69, 9.17) is 5.73 Å². The summed E-state index contributed by atoms with van der Waals surface area (Å²) in [6.45, 7) is 1.50. The van der Waals surface area contributed by atoms with Crippen molar-refractivity contribution in [3.63, 3.8) is 0 Å². The van der Waals surface area contributed by atoms with Crippen LogP contribution in [0.2, 0.25) is 0 Å². The van der Waals surface area contributed by atoms with E-state index in [1.54, 1.807) is 0 Å². The standard InChI is InChI=1S/C28H23N3O2/c1-18(32)30-21-14-10-19(11-15-21)28(20-12-16-22(17-13-20)31-27(29)33)25-8-4-2-6-23(25)24-7-3-5-9-26(24)28/h2-17H,1H3,(H,30,32)(H3,29,31,33). The molecule has 0 saturated heterocycles. The SMILES string of the molecule is CC(=O)Nc1ccc(C2(c3ccc(NC(N)=O)cc3)c3ccccc3-c3ccccc32)cc1. The molecule has 5 nitrogen and oxygen atoms in total. The molecule has 0 spiro atoms. The third-order valence-electron chi connectivity index (χ3n) is 6.18. The molecule has 1 aliphatic carbocycles. The zero-order valence-electron chi connectivity index (χ0n) is 18.1. The first-order valence-corrected chi connectivity index (χ1v) is 10.7. The zero-order valence-corrected chi connectivity index (χ0v) is 18.1. The number of fused-ring (bicyclic) bond motifs is 3. The minimum Gasteiger partial charge on any atom is -0.351 e. The van der Waals surface area contributed by atoms with Crippen LogP contribution in [0.3, 0.4) is 0 Å². The summed E-state index contributed by atoms with van der Waals surface area (Å²) in [5.74, 6) is -0.105. The molecule has 4 aromatic rings. The molecule has 4 aromatic carbocycles. The summed E-state index contributed by atoms with van der Waals surface area (Å²) in [5, 5.41) is 5.49. The van der Waals surface area contributed by atoms with Crippen LogP contribution in [0.5, 0.6) is 0 Å². The number of amides is 3. The van der Waals surface area contributed by atoms with Crippen LogP contribution in [0.1, 0.15) is 29.2 Å². The first-order chi connectivity index (χ1) is 16.0. The van der Waals surface area contributed by atoms with Gasteiger partial charge in [-0.2, -0.15) is 0 Å². The number of carbonyl (C=O) groups excluding carboxylic acids is 2. The van der Waals surface area contributed by atoms with E-state index < -0.39 is 11.4 Å². The Morgan fingerprint density at radius 2 is 1.06 bits per heavy atom. The Bertz CT molecular complexity index is 1250. The van der Waals surface area contributed by atoms with E-state index in [9.17, 15) is 9.59 Å². The molecule has 0 atom stereocenters. The minimum atomic E-state index is -0.595. The lowest BCUT2D eigenvalue weighted by atomic mass is 9.67. The van der Waals surface area contributed by atoms with Crippen LogP contribution in [-0.2, 0) is 10.2 Å². The fourth-order valence-electron chi connectivity index (χ4n) is 4.98. The molecule has 0 radical (unpaired) electrons. The van der Waals surface area contributed by atoms with Gasteiger partial charge in [-0.1, -0.05) is 72.8 Å². The van der Waals surface area contributed by atoms with Crippen molar-refractivity contribution in [3.8, 4) is 11.1 Å². The number of nitrogens with one attached hydrogen (secondary N) is 2. The molecule has 0 bridgehead atoms. The van der Waals surface area contributed by atoms with E-state index in [0.717, 1.165) is 16.8 Å². The number of rotatable bonds is 4. The highest BCUT2D eigenvalue weighted by Crippen LogP contribution is 2.56. The predicted molar refractivity (Wildman–Crippen MR) is 131 cm³/mol. The molecule has 0 heterocycles. The first-order valence-electron chi connectivity index (χ1n) is 10.7. The van der Waals surface area contributed by atoms with Gasteiger partial charge in [0.2, 0.25) is 5.91 Å². The van der Waals surface area contributed by atoms with Gasteiger partial charge in [0, 0.05) is 18.3 Å². The Morgan fingerprint density at radius 1 is 0.636 bits per heavy atom. The fourth-order valence-corrected chi connectivity index (χ4v) is 4.98. The molecule has 5 rings (SSSR count). The lowest BCUT2D eigenvalue weighted by Crippen LogP contribution is -2.28. The zero-order chi connectivity index (χ0) is 23.0. The molecule has 1 aliphatic rings. The number of carbonyl (C=O) groups is 2. The minimum absolute atomic E-state index is 0.105. The van der Waals surface area contributed by atoms with E-state index in [0.29, 0.717) is 5.69 Å². The smallest absolute Gasteiger partial charge is 0.316 e. The monoisotopic (exact) mass is 433 g/mol. The Labute approximate surface area is 192 Å². The van der Waals surface area contributed by atoms with E-state index in [2.05, 4.69) is 71.3 Å². The van der Waals surface area contributed by atoms with Crippen molar-refractivity contribution in [2.75, 3.05) is 10.6 Å². The van der Waals surface area contributed by atoms with Crippen molar-refractivity contribution < 1.29 is 9.59 Å². The Hall–Kier alpha value is -4.38. The van der Waals surface area contributed by atoms with E-state index in [-0.39, 0.29) is 5.91 Å². The molecule has 0 unspecified atom stereocenters. The third-order valence-corrected chi connectivity index (χ3v) is 6.18. The van der Waals surface area contributed by atoms with Gasteiger partial charge in [-0.15, -0.1) is 0 Å². The van der Waals surface area contributed by atoms with Gasteiger partial charge in [-0.05, 0) is 57.6 Å². The lowest BCUT2D eigenvalue weighted by molar-refractivity contribution is -0.114. The van der Waals surface area contributed by atoms with Crippen LogP contribution in [0, 0.1) is 0 Å². The molecule has 0 saturated carbocycles. The van der Waals surface area contributed by atoms with E-state index in [1.165, 1.54) is 29.2 Å². The maximum absolute atomic E-state index is 11.5. The Morgan fingerprint density at radius 3 is 1.48 bits per heavy atom. The Kier molecular flexibility index (Phi) is 4.94. The average Bonchev–Trinajstić information content (AvgIpc) is 3.11. The van der Waals surface area contributed by atoms with Crippen molar-refractivity contribution in [1.29, 1.82) is 0 Å². The Balaban J connectivity index is 1.77. The van der Waals surface area contributed by atoms with Gasteiger partial charge < -0.3 is 16.4 Å². The van der Waals surface area contributed by atoms with Gasteiger partial charge >= 0.3 is 6.03 Å². The van der Waals surface area contributed by atoms with Crippen LogP contribution < -0.4 is 16.4 Å². The predicted octanol–water partition coefficient (Wildman–Crippen LogP) is 5.50. The number of hydrogen-bond donors (Lipinski definition) is 3. The van der Waals surface area contributed by atoms with Gasteiger partial charge in [-0.3, -0.25) is 4.79 Å². The third kappa shape index (κ3) is 3.34. The number of primary amides is 1. The maximum atomic E-state index is 11.5.